The summed E-state index contributed by atoms with van der Waals surface area (Å²) in [6.45, 7) is 5.97. The molecule has 112 valence electrons. The maximum absolute atomic E-state index is 6.08. The molecule has 3 rings (SSSR count). The van der Waals surface area contributed by atoms with Crippen LogP contribution in [0.2, 0.25) is 0 Å². The van der Waals surface area contributed by atoms with E-state index >= 15 is 0 Å². The lowest BCUT2D eigenvalue weighted by molar-refractivity contribution is -0.0725. The van der Waals surface area contributed by atoms with E-state index in [2.05, 4.69) is 79.9 Å². The third-order valence-corrected chi connectivity index (χ3v) is 5.10. The van der Waals surface area contributed by atoms with Gasteiger partial charge in [-0.25, -0.2) is 4.98 Å². The van der Waals surface area contributed by atoms with Crippen molar-refractivity contribution in [3.8, 4) is 0 Å². The number of pyridine rings is 1. The molecule has 3 nitrogen and oxygen atoms in total. The molecule has 0 radical (unpaired) electrons. The number of halogens is 2. The monoisotopic (exact) mass is 412 g/mol. The Kier molecular flexibility index (Phi) is 4.26. The Morgan fingerprint density at radius 1 is 1.33 bits per heavy atom. The molecule has 1 aromatic heterocycles. The molecule has 0 amide bonds. The van der Waals surface area contributed by atoms with Crippen molar-refractivity contribution in [2.75, 3.05) is 23.3 Å². The summed E-state index contributed by atoms with van der Waals surface area (Å²) in [6.07, 6.45) is 2.06. The van der Waals surface area contributed by atoms with Gasteiger partial charge in [-0.1, -0.05) is 44.0 Å². The van der Waals surface area contributed by atoms with Crippen LogP contribution < -0.4 is 4.90 Å². The van der Waals surface area contributed by atoms with Crippen LogP contribution in [-0.4, -0.2) is 35.1 Å². The van der Waals surface area contributed by atoms with Crippen LogP contribution in [0.5, 0.6) is 0 Å². The average Bonchev–Trinajstić information content (AvgIpc) is 2.45. The van der Waals surface area contributed by atoms with Gasteiger partial charge >= 0.3 is 0 Å². The first-order chi connectivity index (χ1) is 10.00. The number of alkyl halides is 1. The van der Waals surface area contributed by atoms with Crippen LogP contribution >= 0.6 is 31.9 Å². The lowest BCUT2D eigenvalue weighted by atomic mass is 10.0. The first-order valence-electron chi connectivity index (χ1n) is 7.02. The number of ether oxygens (including phenoxy) is 1. The zero-order valence-electron chi connectivity index (χ0n) is 12.1. The number of aromatic nitrogens is 1. The van der Waals surface area contributed by atoms with Gasteiger partial charge in [0.05, 0.1) is 11.7 Å². The first kappa shape index (κ1) is 15.3. The lowest BCUT2D eigenvalue weighted by Crippen LogP contribution is -2.53. The molecule has 0 spiro atoms. The quantitative estimate of drug-likeness (QED) is 0.683. The number of benzene rings is 1. The van der Waals surface area contributed by atoms with Gasteiger partial charge in [0.25, 0.3) is 0 Å². The minimum atomic E-state index is -0.174. The first-order valence-corrected chi connectivity index (χ1v) is 8.93. The molecule has 21 heavy (non-hydrogen) atoms. The fraction of sp³-hybridized carbons (Fsp3) is 0.438. The van der Waals surface area contributed by atoms with Gasteiger partial charge in [0, 0.05) is 39.9 Å². The average molecular weight is 414 g/mol. The van der Waals surface area contributed by atoms with E-state index in [0.717, 1.165) is 28.7 Å². The van der Waals surface area contributed by atoms with Crippen molar-refractivity contribution in [3.05, 3.63) is 34.9 Å². The molecule has 1 aliphatic rings. The SMILES string of the molecule is CC1(C)CN(c2nccc3c(Br)cccc23)CC(CBr)O1. The smallest absolute Gasteiger partial charge is 0.136 e. The molecule has 1 aromatic carbocycles. The third kappa shape index (κ3) is 3.10. The highest BCUT2D eigenvalue weighted by Gasteiger charge is 2.34. The lowest BCUT2D eigenvalue weighted by Gasteiger charge is -2.43. The Labute approximate surface area is 141 Å². The number of rotatable bonds is 2. The van der Waals surface area contributed by atoms with E-state index in [-0.39, 0.29) is 11.7 Å². The van der Waals surface area contributed by atoms with E-state index in [4.69, 9.17) is 4.74 Å². The van der Waals surface area contributed by atoms with Crippen molar-refractivity contribution in [2.24, 2.45) is 0 Å². The topological polar surface area (TPSA) is 25.4 Å². The summed E-state index contributed by atoms with van der Waals surface area (Å²) in [7, 11) is 0. The van der Waals surface area contributed by atoms with Crippen LogP contribution in [0.15, 0.2) is 34.9 Å². The van der Waals surface area contributed by atoms with Gasteiger partial charge in [0.1, 0.15) is 5.82 Å². The summed E-state index contributed by atoms with van der Waals surface area (Å²) < 4.78 is 7.19. The predicted octanol–water partition coefficient (Wildman–Crippen LogP) is 4.38. The molecule has 0 aliphatic carbocycles. The maximum atomic E-state index is 6.08. The van der Waals surface area contributed by atoms with Gasteiger partial charge in [-0.2, -0.15) is 0 Å². The highest BCUT2D eigenvalue weighted by atomic mass is 79.9. The minimum Gasteiger partial charge on any atom is -0.368 e. The van der Waals surface area contributed by atoms with E-state index in [1.807, 2.05) is 6.20 Å². The summed E-state index contributed by atoms with van der Waals surface area (Å²) >= 11 is 7.17. The largest absolute Gasteiger partial charge is 0.368 e. The molecule has 5 heteroatoms. The van der Waals surface area contributed by atoms with Gasteiger partial charge in [0.2, 0.25) is 0 Å². The third-order valence-electron chi connectivity index (χ3n) is 3.68. The second-order valence-electron chi connectivity index (χ2n) is 6.00. The van der Waals surface area contributed by atoms with Crippen LogP contribution in [-0.2, 0) is 4.74 Å². The molecular weight excluding hydrogens is 396 g/mol. The van der Waals surface area contributed by atoms with Crippen LogP contribution in [0.3, 0.4) is 0 Å². The van der Waals surface area contributed by atoms with Crippen LogP contribution in [0.4, 0.5) is 5.82 Å². The van der Waals surface area contributed by atoms with Crippen molar-refractivity contribution >= 4 is 48.5 Å². The van der Waals surface area contributed by atoms with Crippen LogP contribution in [0.25, 0.3) is 10.8 Å². The Hall–Kier alpha value is -0.650. The van der Waals surface area contributed by atoms with Gasteiger partial charge < -0.3 is 9.64 Å². The summed E-state index contributed by atoms with van der Waals surface area (Å²) in [5, 5.41) is 3.21. The summed E-state index contributed by atoms with van der Waals surface area (Å²) in [5.74, 6) is 1.04. The van der Waals surface area contributed by atoms with Gasteiger partial charge in [-0.05, 0) is 26.0 Å². The second kappa shape index (κ2) is 5.86. The maximum Gasteiger partial charge on any atom is 0.136 e. The van der Waals surface area contributed by atoms with Crippen molar-refractivity contribution in [1.29, 1.82) is 0 Å². The number of fused-ring (bicyclic) bond motifs is 1. The van der Waals surface area contributed by atoms with E-state index in [9.17, 15) is 0 Å². The number of hydrogen-bond donors (Lipinski definition) is 0. The zero-order valence-corrected chi connectivity index (χ0v) is 15.3. The van der Waals surface area contributed by atoms with Crippen LogP contribution in [0.1, 0.15) is 13.8 Å². The fourth-order valence-corrected chi connectivity index (χ4v) is 3.78. The van der Waals surface area contributed by atoms with Crippen molar-refractivity contribution in [3.63, 3.8) is 0 Å². The molecule has 0 saturated carbocycles. The summed E-state index contributed by atoms with van der Waals surface area (Å²) in [6, 6.07) is 8.31. The molecule has 2 aromatic rings. The Morgan fingerprint density at radius 2 is 2.14 bits per heavy atom. The van der Waals surface area contributed by atoms with Crippen molar-refractivity contribution < 1.29 is 4.74 Å². The van der Waals surface area contributed by atoms with E-state index in [1.165, 1.54) is 10.8 Å². The molecule has 0 bridgehead atoms. The molecule has 0 N–H and O–H groups in total. The molecule has 1 fully saturated rings. The van der Waals surface area contributed by atoms with E-state index in [1.54, 1.807) is 0 Å². The fourth-order valence-electron chi connectivity index (χ4n) is 2.94. The summed E-state index contributed by atoms with van der Waals surface area (Å²) in [4.78, 5) is 6.98. The van der Waals surface area contributed by atoms with E-state index in [0.29, 0.717) is 0 Å². The van der Waals surface area contributed by atoms with Gasteiger partial charge in [0.15, 0.2) is 0 Å². The highest BCUT2D eigenvalue weighted by molar-refractivity contribution is 9.10. The summed E-state index contributed by atoms with van der Waals surface area (Å²) in [5.41, 5.74) is -0.174. The highest BCUT2D eigenvalue weighted by Crippen LogP contribution is 2.33. The molecule has 1 unspecified atom stereocenters. The van der Waals surface area contributed by atoms with Crippen LogP contribution in [0, 0.1) is 0 Å². The standard InChI is InChI=1S/C16H18Br2N2O/c1-16(2)10-20(9-11(8-17)21-16)15-13-4-3-5-14(18)12(13)6-7-19-15/h3-7,11H,8-10H2,1-2H3. The minimum absolute atomic E-state index is 0.174. The molecule has 1 aliphatic heterocycles. The predicted molar refractivity (Wildman–Crippen MR) is 94.4 cm³/mol. The number of nitrogens with zero attached hydrogens (tertiary/aromatic N) is 2. The molecule has 1 atom stereocenters. The van der Waals surface area contributed by atoms with Gasteiger partial charge in [-0.15, -0.1) is 0 Å². The Bertz CT molecular complexity index is 660. The number of anilines is 1. The number of morpholine rings is 1. The van der Waals surface area contributed by atoms with E-state index < -0.39 is 0 Å². The normalized spacial score (nSPS) is 21.7. The molecule has 1 saturated heterocycles. The second-order valence-corrected chi connectivity index (χ2v) is 7.51. The Balaban J connectivity index is 2.05. The molecule has 2 heterocycles. The van der Waals surface area contributed by atoms with Crippen molar-refractivity contribution in [1.82, 2.24) is 4.98 Å². The Morgan fingerprint density at radius 3 is 2.90 bits per heavy atom. The van der Waals surface area contributed by atoms with Gasteiger partial charge in [-0.3, -0.25) is 0 Å². The number of hydrogen-bond acceptors (Lipinski definition) is 3. The zero-order chi connectivity index (χ0) is 15.0. The molecular formula is C16H18Br2N2O. The van der Waals surface area contributed by atoms with Crippen molar-refractivity contribution in [2.45, 2.75) is 25.6 Å².